The van der Waals surface area contributed by atoms with Gasteiger partial charge in [0.2, 0.25) is 0 Å². The highest BCUT2D eigenvalue weighted by Crippen LogP contribution is 2.17. The number of alkyl halides is 3. The minimum atomic E-state index is -4.40. The molecule has 0 spiro atoms. The van der Waals surface area contributed by atoms with Crippen LogP contribution in [-0.4, -0.2) is 23.7 Å². The number of ether oxygens (including phenoxy) is 1. The fourth-order valence-electron chi connectivity index (χ4n) is 0.657. The smallest absolute Gasteiger partial charge is 0.365 e. The molecule has 0 aromatic rings. The Morgan fingerprint density at radius 1 is 1.40 bits per heavy atom. The van der Waals surface area contributed by atoms with Crippen LogP contribution < -0.4 is 0 Å². The number of rotatable bonds is 4. The zero-order valence-electron chi connectivity index (χ0n) is 7.63. The van der Waals surface area contributed by atoms with Crippen molar-refractivity contribution in [3.8, 4) is 0 Å². The molecular formula is C8H9Cl2F3O2. The van der Waals surface area contributed by atoms with Crippen LogP contribution in [-0.2, 0) is 4.74 Å². The molecule has 0 radical (unpaired) electrons. The molecule has 0 aliphatic carbocycles. The van der Waals surface area contributed by atoms with Gasteiger partial charge in [-0.15, -0.1) is 0 Å². The van der Waals surface area contributed by atoms with Crippen LogP contribution in [0.1, 0.15) is 6.92 Å². The Kier molecular flexibility index (Phi) is 6.28. The quantitative estimate of drug-likeness (QED) is 0.625. The lowest BCUT2D eigenvalue weighted by Crippen LogP contribution is -2.16. The van der Waals surface area contributed by atoms with Crippen molar-refractivity contribution in [3.05, 3.63) is 22.7 Å². The monoisotopic (exact) mass is 264 g/mol. The Hall–Kier alpha value is -0.230. The summed E-state index contributed by atoms with van der Waals surface area (Å²) >= 11 is 10.4. The van der Waals surface area contributed by atoms with E-state index >= 15 is 0 Å². The Labute approximate surface area is 94.9 Å². The first-order valence-corrected chi connectivity index (χ1v) is 4.59. The van der Waals surface area contributed by atoms with Gasteiger partial charge in [-0.2, -0.15) is 13.2 Å². The van der Waals surface area contributed by atoms with E-state index in [9.17, 15) is 13.2 Å². The molecule has 0 heterocycles. The van der Waals surface area contributed by atoms with Crippen LogP contribution in [0.5, 0.6) is 0 Å². The molecule has 15 heavy (non-hydrogen) atoms. The van der Waals surface area contributed by atoms with Gasteiger partial charge in [0.1, 0.15) is 4.49 Å². The summed E-state index contributed by atoms with van der Waals surface area (Å²) in [5.41, 5.74) is 0. The lowest BCUT2D eigenvalue weighted by Gasteiger charge is -2.12. The summed E-state index contributed by atoms with van der Waals surface area (Å²) in [6.07, 6.45) is -5.02. The van der Waals surface area contributed by atoms with Crippen molar-refractivity contribution < 1.29 is 23.0 Å². The number of aliphatic hydroxyl groups is 1. The van der Waals surface area contributed by atoms with E-state index in [1.54, 1.807) is 0 Å². The van der Waals surface area contributed by atoms with Gasteiger partial charge in [0.05, 0.1) is 6.10 Å². The van der Waals surface area contributed by atoms with Crippen LogP contribution >= 0.6 is 23.2 Å². The molecular weight excluding hydrogens is 256 g/mol. The highest BCUT2D eigenvalue weighted by Gasteiger charge is 2.22. The SMILES string of the molecule is CC(C=CC(F)(F)F)OC(O)C=C(Cl)Cl. The third kappa shape index (κ3) is 10.1. The minimum Gasteiger partial charge on any atom is -0.365 e. The molecule has 0 aromatic heterocycles. The Bertz CT molecular complexity index is 247. The molecule has 1 N–H and O–H groups in total. The summed E-state index contributed by atoms with van der Waals surface area (Å²) < 4.78 is 39.6. The topological polar surface area (TPSA) is 29.5 Å². The van der Waals surface area contributed by atoms with Crippen LogP contribution in [0.25, 0.3) is 0 Å². The second kappa shape index (κ2) is 6.37. The van der Waals surface area contributed by atoms with Gasteiger partial charge in [-0.1, -0.05) is 29.3 Å². The molecule has 0 aliphatic heterocycles. The van der Waals surface area contributed by atoms with Gasteiger partial charge in [0.15, 0.2) is 6.29 Å². The maximum Gasteiger partial charge on any atom is 0.409 e. The van der Waals surface area contributed by atoms with Crippen LogP contribution in [0.15, 0.2) is 22.7 Å². The highest BCUT2D eigenvalue weighted by molar-refractivity contribution is 6.55. The van der Waals surface area contributed by atoms with Crippen LogP contribution in [0.4, 0.5) is 13.2 Å². The van der Waals surface area contributed by atoms with Crippen molar-refractivity contribution in [1.29, 1.82) is 0 Å². The van der Waals surface area contributed by atoms with E-state index in [1.807, 2.05) is 0 Å². The minimum absolute atomic E-state index is 0.0242. The normalized spacial score (nSPS) is 16.5. The molecule has 2 unspecified atom stereocenters. The van der Waals surface area contributed by atoms with E-state index in [-0.39, 0.29) is 10.6 Å². The largest absolute Gasteiger partial charge is 0.409 e. The van der Waals surface area contributed by atoms with Crippen molar-refractivity contribution in [2.24, 2.45) is 0 Å². The number of halogens is 5. The maximum absolute atomic E-state index is 11.7. The first-order chi connectivity index (χ1) is 6.70. The predicted octanol–water partition coefficient (Wildman–Crippen LogP) is 3.15. The molecule has 0 aromatic carbocycles. The highest BCUT2D eigenvalue weighted by atomic mass is 35.5. The number of allylic oxidation sites excluding steroid dienone is 1. The second-order valence-electron chi connectivity index (χ2n) is 2.59. The zero-order chi connectivity index (χ0) is 12.1. The first kappa shape index (κ1) is 14.8. The van der Waals surface area contributed by atoms with Crippen molar-refractivity contribution in [2.75, 3.05) is 0 Å². The summed E-state index contributed by atoms with van der Waals surface area (Å²) in [6, 6.07) is 0. The number of hydrogen-bond acceptors (Lipinski definition) is 2. The Morgan fingerprint density at radius 3 is 2.33 bits per heavy atom. The van der Waals surface area contributed by atoms with E-state index in [2.05, 4.69) is 4.74 Å². The summed E-state index contributed by atoms with van der Waals surface area (Å²) in [4.78, 5) is 0. The van der Waals surface area contributed by atoms with Gasteiger partial charge < -0.3 is 9.84 Å². The summed E-state index contributed by atoms with van der Waals surface area (Å²) in [7, 11) is 0. The Morgan fingerprint density at radius 2 is 1.93 bits per heavy atom. The van der Waals surface area contributed by atoms with Gasteiger partial charge >= 0.3 is 6.18 Å². The second-order valence-corrected chi connectivity index (χ2v) is 3.60. The van der Waals surface area contributed by atoms with E-state index in [0.29, 0.717) is 0 Å². The lowest BCUT2D eigenvalue weighted by molar-refractivity contribution is -0.0920. The third-order valence-electron chi connectivity index (χ3n) is 1.18. The molecule has 7 heteroatoms. The molecule has 2 atom stereocenters. The predicted molar refractivity (Wildman–Crippen MR) is 51.5 cm³/mol. The number of aliphatic hydroxyl groups excluding tert-OH is 1. The number of hydrogen-bond donors (Lipinski definition) is 1. The summed E-state index contributed by atoms with van der Waals surface area (Å²) in [5, 5.41) is 9.04. The van der Waals surface area contributed by atoms with E-state index in [0.717, 1.165) is 12.2 Å². The van der Waals surface area contributed by atoms with Crippen molar-refractivity contribution in [1.82, 2.24) is 0 Å². The first-order valence-electron chi connectivity index (χ1n) is 3.83. The fraction of sp³-hybridized carbons (Fsp3) is 0.500. The molecule has 0 saturated heterocycles. The average molecular weight is 265 g/mol. The van der Waals surface area contributed by atoms with E-state index in [1.165, 1.54) is 6.92 Å². The summed E-state index contributed by atoms with van der Waals surface area (Å²) in [5.74, 6) is 0. The fourth-order valence-corrected chi connectivity index (χ4v) is 0.873. The molecule has 0 saturated carbocycles. The molecule has 0 fully saturated rings. The molecule has 0 rings (SSSR count). The van der Waals surface area contributed by atoms with Gasteiger partial charge in [0, 0.05) is 12.2 Å². The van der Waals surface area contributed by atoms with Crippen molar-refractivity contribution in [2.45, 2.75) is 25.5 Å². The van der Waals surface area contributed by atoms with Gasteiger partial charge in [-0.3, -0.25) is 0 Å². The average Bonchev–Trinajstić information content (AvgIpc) is 1.97. The lowest BCUT2D eigenvalue weighted by atomic mass is 10.3. The van der Waals surface area contributed by atoms with Crippen LogP contribution in [0.2, 0.25) is 0 Å². The third-order valence-corrected chi connectivity index (χ3v) is 1.43. The van der Waals surface area contributed by atoms with Gasteiger partial charge in [0.25, 0.3) is 0 Å². The summed E-state index contributed by atoms with van der Waals surface area (Å²) in [6.45, 7) is 1.33. The van der Waals surface area contributed by atoms with E-state index in [4.69, 9.17) is 28.3 Å². The van der Waals surface area contributed by atoms with Crippen molar-refractivity contribution >= 4 is 23.2 Å². The zero-order valence-corrected chi connectivity index (χ0v) is 9.14. The van der Waals surface area contributed by atoms with Gasteiger partial charge in [-0.05, 0) is 6.92 Å². The molecule has 0 amide bonds. The standard InChI is InChI=1S/C8H9Cl2F3O2/c1-5(2-3-8(11,12)13)15-7(14)4-6(9)10/h2-5,7,14H,1H3. The van der Waals surface area contributed by atoms with Crippen molar-refractivity contribution in [3.63, 3.8) is 0 Å². The van der Waals surface area contributed by atoms with Crippen LogP contribution in [0.3, 0.4) is 0 Å². The van der Waals surface area contributed by atoms with E-state index < -0.39 is 18.6 Å². The molecule has 0 aliphatic rings. The Balaban J connectivity index is 4.10. The maximum atomic E-state index is 11.7. The molecule has 2 nitrogen and oxygen atoms in total. The van der Waals surface area contributed by atoms with Crippen LogP contribution in [0, 0.1) is 0 Å². The van der Waals surface area contributed by atoms with Gasteiger partial charge in [-0.25, -0.2) is 0 Å². The molecule has 0 bridgehead atoms. The molecule has 88 valence electrons.